The molecule has 2 aliphatic rings. The third-order valence-electron chi connectivity index (χ3n) is 6.26. The molecule has 6 atom stereocenters. The Kier molecular flexibility index (Phi) is 4.83. The molecule has 158 valence electrons. The first-order chi connectivity index (χ1) is 14.6. The fourth-order valence-corrected chi connectivity index (χ4v) is 5.76. The summed E-state index contributed by atoms with van der Waals surface area (Å²) in [5, 5.41) is 33.9. The molecule has 0 unspecified atom stereocenters. The van der Waals surface area contributed by atoms with Gasteiger partial charge < -0.3 is 25.8 Å². The highest BCUT2D eigenvalue weighted by Crippen LogP contribution is 2.52. The van der Waals surface area contributed by atoms with Gasteiger partial charge in [0.15, 0.2) is 17.2 Å². The molecule has 0 spiro atoms. The van der Waals surface area contributed by atoms with E-state index in [4.69, 9.17) is 10.5 Å². The lowest BCUT2D eigenvalue weighted by molar-refractivity contribution is -0.187. The van der Waals surface area contributed by atoms with E-state index in [0.717, 1.165) is 6.42 Å². The summed E-state index contributed by atoms with van der Waals surface area (Å²) in [6.07, 6.45) is 4.93. The van der Waals surface area contributed by atoms with Crippen LogP contribution in [0.1, 0.15) is 23.6 Å². The Morgan fingerprint density at radius 3 is 2.80 bits per heavy atom. The van der Waals surface area contributed by atoms with Crippen molar-refractivity contribution in [2.45, 2.75) is 42.8 Å². The highest BCUT2D eigenvalue weighted by atomic mass is 32.1. The molecule has 3 aromatic heterocycles. The van der Waals surface area contributed by atoms with Gasteiger partial charge in [0.1, 0.15) is 30.2 Å². The molecule has 0 bridgehead atoms. The molecule has 0 amide bonds. The van der Waals surface area contributed by atoms with Crippen LogP contribution in [-0.4, -0.2) is 59.8 Å². The Labute approximate surface area is 176 Å². The van der Waals surface area contributed by atoms with Crippen molar-refractivity contribution in [3.63, 3.8) is 0 Å². The summed E-state index contributed by atoms with van der Waals surface area (Å²) in [4.78, 5) is 13.9. The zero-order chi connectivity index (χ0) is 20.9. The first-order valence-electron chi connectivity index (χ1n) is 9.85. The lowest BCUT2D eigenvalue weighted by atomic mass is 9.73. The van der Waals surface area contributed by atoms with Crippen molar-refractivity contribution in [1.29, 1.82) is 0 Å². The van der Waals surface area contributed by atoms with Crippen molar-refractivity contribution >= 4 is 28.3 Å². The maximum atomic E-state index is 11.3. The third kappa shape index (κ3) is 2.72. The number of aromatic nitrogens is 4. The fourth-order valence-electron chi connectivity index (χ4n) is 4.86. The van der Waals surface area contributed by atoms with Crippen molar-refractivity contribution in [2.75, 3.05) is 12.3 Å². The van der Waals surface area contributed by atoms with E-state index in [-0.39, 0.29) is 17.7 Å². The lowest BCUT2D eigenvalue weighted by Gasteiger charge is -2.44. The highest BCUT2D eigenvalue weighted by molar-refractivity contribution is 7.10. The van der Waals surface area contributed by atoms with Crippen LogP contribution in [0.3, 0.4) is 0 Å². The number of anilines is 1. The predicted molar refractivity (Wildman–Crippen MR) is 111 cm³/mol. The van der Waals surface area contributed by atoms with Gasteiger partial charge in [0.25, 0.3) is 0 Å². The van der Waals surface area contributed by atoms with Crippen LogP contribution in [0.4, 0.5) is 5.82 Å². The smallest absolute Gasteiger partial charge is 0.180 e. The Balaban J connectivity index is 1.73. The normalized spacial score (nSPS) is 34.0. The molecule has 4 heterocycles. The van der Waals surface area contributed by atoms with Gasteiger partial charge in [-0.1, -0.05) is 18.2 Å². The number of imidazole rings is 1. The standard InChI is InChI=1S/C20H23N5O4S/c21-18-15-19(23-9-22-18)25(10-24-15)20(17(28)16(27)13(8-26)29-20)12-5-2-1-4-11(12)14-6-3-7-30-14/h1-3,6-7,9-13,16-17,26-28H,4-5,8H2,(H2,21,22,23)/t11-,12-,13+,16+,17+,20+/m0/s1. The first kappa shape index (κ1) is 19.6. The van der Waals surface area contributed by atoms with Gasteiger partial charge in [-0.25, -0.2) is 15.0 Å². The maximum Gasteiger partial charge on any atom is 0.180 e. The number of thiophene rings is 1. The van der Waals surface area contributed by atoms with E-state index in [2.05, 4.69) is 33.2 Å². The zero-order valence-electron chi connectivity index (χ0n) is 16.1. The number of allylic oxidation sites excluding steroid dienone is 2. The van der Waals surface area contributed by atoms with Crippen LogP contribution < -0.4 is 5.73 Å². The summed E-state index contributed by atoms with van der Waals surface area (Å²) in [6.45, 7) is -0.421. The van der Waals surface area contributed by atoms with Crippen LogP contribution >= 0.6 is 11.3 Å². The third-order valence-corrected chi connectivity index (χ3v) is 7.26. The molecule has 10 heteroatoms. The van der Waals surface area contributed by atoms with Gasteiger partial charge in [-0.15, -0.1) is 11.3 Å². The average molecular weight is 430 g/mol. The predicted octanol–water partition coefficient (Wildman–Crippen LogP) is 0.986. The monoisotopic (exact) mass is 429 g/mol. The molecule has 0 saturated carbocycles. The second kappa shape index (κ2) is 7.40. The van der Waals surface area contributed by atoms with Gasteiger partial charge in [0.05, 0.1) is 12.9 Å². The van der Waals surface area contributed by atoms with Crippen LogP contribution in [0.5, 0.6) is 0 Å². The molecule has 1 aliphatic heterocycles. The van der Waals surface area contributed by atoms with E-state index in [0.29, 0.717) is 17.6 Å². The van der Waals surface area contributed by atoms with E-state index in [1.54, 1.807) is 15.9 Å². The average Bonchev–Trinajstić information content (AvgIpc) is 3.49. The largest absolute Gasteiger partial charge is 0.394 e. The van der Waals surface area contributed by atoms with E-state index < -0.39 is 30.6 Å². The number of aliphatic hydroxyl groups is 3. The summed E-state index contributed by atoms with van der Waals surface area (Å²) in [5.74, 6) is 0.0286. The number of rotatable bonds is 4. The number of nitrogens with zero attached hydrogens (tertiary/aromatic N) is 4. The number of hydrogen-bond acceptors (Lipinski definition) is 9. The number of nitrogens with two attached hydrogens (primary N) is 1. The molecule has 1 saturated heterocycles. The number of hydrogen-bond donors (Lipinski definition) is 4. The first-order valence-corrected chi connectivity index (χ1v) is 10.7. The second-order valence-corrected chi connectivity index (χ2v) is 8.72. The molecule has 5 rings (SSSR count). The zero-order valence-corrected chi connectivity index (χ0v) is 16.9. The van der Waals surface area contributed by atoms with Crippen molar-refractivity contribution in [2.24, 2.45) is 5.92 Å². The molecule has 3 aromatic rings. The summed E-state index contributed by atoms with van der Waals surface area (Å²) >= 11 is 1.65. The number of nitrogen functional groups attached to an aromatic ring is 1. The van der Waals surface area contributed by atoms with Gasteiger partial charge in [-0.2, -0.15) is 0 Å². The Morgan fingerprint density at radius 2 is 2.07 bits per heavy atom. The number of ether oxygens (including phenoxy) is 1. The van der Waals surface area contributed by atoms with Gasteiger partial charge >= 0.3 is 0 Å². The summed E-state index contributed by atoms with van der Waals surface area (Å²) < 4.78 is 7.99. The number of fused-ring (bicyclic) bond motifs is 1. The number of aliphatic hydroxyl groups excluding tert-OH is 3. The Hall–Kier alpha value is -2.37. The quantitative estimate of drug-likeness (QED) is 0.450. The minimum absolute atomic E-state index is 0.0472. The molecule has 0 radical (unpaired) electrons. The van der Waals surface area contributed by atoms with Crippen LogP contribution in [0, 0.1) is 5.92 Å². The Morgan fingerprint density at radius 1 is 1.23 bits per heavy atom. The molecular formula is C20H23N5O4S. The lowest BCUT2D eigenvalue weighted by Crippen LogP contribution is -2.53. The molecular weight excluding hydrogens is 406 g/mol. The summed E-state index contributed by atoms with van der Waals surface area (Å²) in [7, 11) is 0. The Bertz CT molecular complexity index is 1070. The van der Waals surface area contributed by atoms with Gasteiger partial charge in [0, 0.05) is 16.7 Å². The molecule has 0 aromatic carbocycles. The van der Waals surface area contributed by atoms with Gasteiger partial charge in [0.2, 0.25) is 0 Å². The van der Waals surface area contributed by atoms with E-state index in [1.165, 1.54) is 17.5 Å². The highest BCUT2D eigenvalue weighted by Gasteiger charge is 2.61. The van der Waals surface area contributed by atoms with Crippen LogP contribution in [-0.2, 0) is 10.5 Å². The van der Waals surface area contributed by atoms with Crippen LogP contribution in [0.2, 0.25) is 0 Å². The maximum absolute atomic E-state index is 11.3. The van der Waals surface area contributed by atoms with Crippen molar-refractivity contribution in [1.82, 2.24) is 19.5 Å². The summed E-state index contributed by atoms with van der Waals surface area (Å²) in [6, 6.07) is 4.07. The van der Waals surface area contributed by atoms with Crippen LogP contribution in [0.15, 0.2) is 42.3 Å². The van der Waals surface area contributed by atoms with E-state index in [1.807, 2.05) is 11.4 Å². The molecule has 5 N–H and O–H groups in total. The fraction of sp³-hybridized carbons (Fsp3) is 0.450. The topological polar surface area (TPSA) is 140 Å². The van der Waals surface area contributed by atoms with Crippen LogP contribution in [0.25, 0.3) is 11.2 Å². The van der Waals surface area contributed by atoms with Crippen molar-refractivity contribution in [3.05, 3.63) is 47.2 Å². The molecule has 9 nitrogen and oxygen atoms in total. The second-order valence-electron chi connectivity index (χ2n) is 7.74. The van der Waals surface area contributed by atoms with Crippen molar-refractivity contribution in [3.8, 4) is 0 Å². The molecule has 30 heavy (non-hydrogen) atoms. The van der Waals surface area contributed by atoms with E-state index >= 15 is 0 Å². The minimum atomic E-state index is -1.39. The van der Waals surface area contributed by atoms with Gasteiger partial charge in [-0.3, -0.25) is 4.57 Å². The SMILES string of the molecule is Nc1ncnc2c1ncn2[C@]1([C@H]2CC=CC[C@@H]2c2cccs2)O[C@H](CO)[C@@H](O)[C@H]1O. The molecule has 1 aliphatic carbocycles. The van der Waals surface area contributed by atoms with Crippen molar-refractivity contribution < 1.29 is 20.1 Å². The summed E-state index contributed by atoms with van der Waals surface area (Å²) in [5.41, 5.74) is 5.40. The minimum Gasteiger partial charge on any atom is -0.394 e. The molecule has 1 fully saturated rings. The van der Waals surface area contributed by atoms with Gasteiger partial charge in [-0.05, 0) is 24.3 Å². The van der Waals surface area contributed by atoms with E-state index in [9.17, 15) is 15.3 Å².